The second-order valence-corrected chi connectivity index (χ2v) is 13.8. The van der Waals surface area contributed by atoms with Gasteiger partial charge in [0.1, 0.15) is 20.9 Å². The van der Waals surface area contributed by atoms with Crippen LogP contribution >= 0.6 is 0 Å². The molecule has 32 heavy (non-hydrogen) atoms. The molecule has 1 aromatic heterocycles. The van der Waals surface area contributed by atoms with Gasteiger partial charge in [-0.2, -0.15) is 4.57 Å². The van der Waals surface area contributed by atoms with Crippen molar-refractivity contribution in [2.45, 2.75) is 20.0 Å². The molecule has 0 unspecified atom stereocenters. The Kier molecular flexibility index (Phi) is 4.08. The molecular formula is C29H26NOSi+. The first kappa shape index (κ1) is 19.3. The number of nitrogens with zero attached hydrogens (tertiary/aromatic N) is 1. The molecular weight excluding hydrogens is 406 g/mol. The Balaban J connectivity index is 1.61. The average molecular weight is 433 g/mol. The summed E-state index contributed by atoms with van der Waals surface area (Å²) in [7, 11) is 0.358. The summed E-state index contributed by atoms with van der Waals surface area (Å²) in [5.74, 6) is 1.91. The lowest BCUT2D eigenvalue weighted by molar-refractivity contribution is -0.659. The Labute approximate surface area is 189 Å². The molecule has 1 aliphatic heterocycles. The van der Waals surface area contributed by atoms with Gasteiger partial charge in [-0.25, -0.2) is 0 Å². The zero-order valence-electron chi connectivity index (χ0n) is 18.9. The molecule has 2 nitrogen and oxygen atoms in total. The molecule has 0 N–H and O–H groups in total. The summed E-state index contributed by atoms with van der Waals surface area (Å²) in [5.41, 5.74) is 3.72. The van der Waals surface area contributed by atoms with Crippen molar-refractivity contribution in [1.29, 1.82) is 0 Å². The van der Waals surface area contributed by atoms with Crippen molar-refractivity contribution in [2.24, 2.45) is 7.05 Å². The fraction of sp³-hybridized carbons (Fsp3) is 0.138. The van der Waals surface area contributed by atoms with Gasteiger partial charge in [-0.3, -0.25) is 0 Å². The van der Waals surface area contributed by atoms with Gasteiger partial charge in [0.25, 0.3) is 5.69 Å². The molecule has 0 spiro atoms. The van der Waals surface area contributed by atoms with Gasteiger partial charge in [0, 0.05) is 16.2 Å². The third-order valence-electron chi connectivity index (χ3n) is 7.08. The van der Waals surface area contributed by atoms with Crippen molar-refractivity contribution < 1.29 is 9.30 Å². The molecule has 0 fully saturated rings. The topological polar surface area (TPSA) is 13.1 Å². The Morgan fingerprint density at radius 2 is 1.59 bits per heavy atom. The van der Waals surface area contributed by atoms with E-state index in [2.05, 4.69) is 117 Å². The summed E-state index contributed by atoms with van der Waals surface area (Å²) in [6.45, 7) is 7.05. The van der Waals surface area contributed by atoms with E-state index in [1.54, 1.807) is 0 Å². The number of rotatable bonds is 2. The van der Waals surface area contributed by atoms with Crippen LogP contribution in [0.25, 0.3) is 32.8 Å². The Bertz CT molecular complexity index is 1540. The van der Waals surface area contributed by atoms with Crippen LogP contribution in [0.2, 0.25) is 13.1 Å². The van der Waals surface area contributed by atoms with Gasteiger partial charge in [0.15, 0.2) is 6.20 Å². The van der Waals surface area contributed by atoms with E-state index in [1.165, 1.54) is 43.0 Å². The largest absolute Gasteiger partial charge is 0.449 e. The van der Waals surface area contributed by atoms with Crippen molar-refractivity contribution in [3.05, 3.63) is 90.6 Å². The average Bonchev–Trinajstić information content (AvgIpc) is 2.81. The lowest BCUT2D eigenvalue weighted by Crippen LogP contribution is -2.52. The summed E-state index contributed by atoms with van der Waals surface area (Å²) in [6.07, 6.45) is 2.27. The summed E-state index contributed by atoms with van der Waals surface area (Å²) in [5, 5.41) is 7.72. The van der Waals surface area contributed by atoms with Gasteiger partial charge in [0.05, 0.1) is 5.56 Å². The third kappa shape index (κ3) is 2.68. The highest BCUT2D eigenvalue weighted by atomic mass is 28.3. The molecule has 0 bridgehead atoms. The molecule has 6 rings (SSSR count). The molecule has 0 radical (unpaired) electrons. The van der Waals surface area contributed by atoms with Crippen LogP contribution in [0.3, 0.4) is 0 Å². The van der Waals surface area contributed by atoms with E-state index in [9.17, 15) is 0 Å². The van der Waals surface area contributed by atoms with E-state index in [1.807, 2.05) is 0 Å². The number of aryl methyl sites for hydroxylation is 2. The fourth-order valence-corrected chi connectivity index (χ4v) is 7.57. The predicted molar refractivity (Wildman–Crippen MR) is 136 cm³/mol. The van der Waals surface area contributed by atoms with E-state index < -0.39 is 8.07 Å². The van der Waals surface area contributed by atoms with Crippen LogP contribution in [0.5, 0.6) is 11.5 Å². The van der Waals surface area contributed by atoms with E-state index in [0.29, 0.717) is 0 Å². The summed E-state index contributed by atoms with van der Waals surface area (Å²) < 4.78 is 8.85. The number of aromatic nitrogens is 1. The Hall–Kier alpha value is -3.43. The molecule has 5 aromatic rings. The molecule has 1 aliphatic rings. The van der Waals surface area contributed by atoms with Gasteiger partial charge in [-0.1, -0.05) is 90.2 Å². The number of fused-ring (bicyclic) bond motifs is 4. The van der Waals surface area contributed by atoms with E-state index >= 15 is 0 Å². The molecule has 3 heteroatoms. The lowest BCUT2D eigenvalue weighted by Gasteiger charge is -2.25. The van der Waals surface area contributed by atoms with Gasteiger partial charge in [-0.15, -0.1) is 0 Å². The van der Waals surface area contributed by atoms with Crippen LogP contribution in [-0.4, -0.2) is 8.07 Å². The van der Waals surface area contributed by atoms with Crippen molar-refractivity contribution in [3.63, 3.8) is 0 Å². The minimum Gasteiger partial charge on any atom is -0.449 e. The van der Waals surface area contributed by atoms with Crippen LogP contribution < -0.4 is 19.7 Å². The molecule has 0 atom stereocenters. The second kappa shape index (κ2) is 6.78. The van der Waals surface area contributed by atoms with E-state index in [4.69, 9.17) is 4.74 Å². The van der Waals surface area contributed by atoms with Gasteiger partial charge in [0.2, 0.25) is 5.75 Å². The number of benzene rings is 4. The molecule has 2 heterocycles. The first-order chi connectivity index (χ1) is 15.4. The quantitative estimate of drug-likeness (QED) is 0.252. The van der Waals surface area contributed by atoms with Gasteiger partial charge in [-0.05, 0) is 30.0 Å². The number of ether oxygens (including phenoxy) is 1. The Morgan fingerprint density at radius 3 is 2.41 bits per heavy atom. The van der Waals surface area contributed by atoms with Gasteiger partial charge >= 0.3 is 0 Å². The van der Waals surface area contributed by atoms with Crippen LogP contribution in [0.15, 0.2) is 85.1 Å². The second-order valence-electron chi connectivity index (χ2n) is 9.42. The summed E-state index contributed by atoms with van der Waals surface area (Å²) in [4.78, 5) is 0. The smallest absolute Gasteiger partial charge is 0.257 e. The number of hydrogen-bond acceptors (Lipinski definition) is 1. The van der Waals surface area contributed by atoms with Crippen LogP contribution in [0, 0.1) is 6.92 Å². The normalized spacial score (nSPS) is 12.6. The molecule has 0 saturated carbocycles. The maximum Gasteiger partial charge on any atom is 0.257 e. The molecule has 0 aliphatic carbocycles. The molecule has 4 aromatic carbocycles. The van der Waals surface area contributed by atoms with Crippen molar-refractivity contribution in [1.82, 2.24) is 0 Å². The highest BCUT2D eigenvalue weighted by Gasteiger charge is 2.32. The lowest BCUT2D eigenvalue weighted by atomic mass is 9.92. The van der Waals surface area contributed by atoms with Crippen molar-refractivity contribution >= 4 is 40.0 Å². The minimum absolute atomic E-state index is 0.948. The maximum absolute atomic E-state index is 6.60. The predicted octanol–water partition coefficient (Wildman–Crippen LogP) is 5.72. The minimum atomic E-state index is -1.78. The van der Waals surface area contributed by atoms with E-state index in [0.717, 1.165) is 17.2 Å². The van der Waals surface area contributed by atoms with Crippen molar-refractivity contribution in [2.75, 3.05) is 0 Å². The molecule has 0 amide bonds. The zero-order chi connectivity index (χ0) is 22.0. The highest BCUT2D eigenvalue weighted by molar-refractivity contribution is 7.00. The molecule has 156 valence electrons. The highest BCUT2D eigenvalue weighted by Crippen LogP contribution is 2.48. The monoisotopic (exact) mass is 432 g/mol. The van der Waals surface area contributed by atoms with Crippen LogP contribution in [0.1, 0.15) is 5.56 Å². The first-order valence-corrected chi connectivity index (χ1v) is 14.2. The van der Waals surface area contributed by atoms with Crippen LogP contribution in [-0.2, 0) is 7.05 Å². The summed E-state index contributed by atoms with van der Waals surface area (Å²) >= 11 is 0. The van der Waals surface area contributed by atoms with E-state index in [-0.39, 0.29) is 0 Å². The molecule has 0 saturated heterocycles. The third-order valence-corrected chi connectivity index (χ3v) is 10.6. The zero-order valence-corrected chi connectivity index (χ0v) is 19.9. The van der Waals surface area contributed by atoms with Crippen LogP contribution in [0.4, 0.5) is 0 Å². The first-order valence-electron chi connectivity index (χ1n) is 11.2. The standard InChI is InChI=1S/C29H26NOSi/c1-19-13-14-20-9-8-12-25-27(20)26(19)28-29(31-25)24-16-15-23(17-21(24)18-30(28)2)32(3,4)22-10-6-5-7-11-22/h5-18H,1-4H3/q+1. The van der Waals surface area contributed by atoms with Crippen molar-refractivity contribution in [3.8, 4) is 22.8 Å². The summed E-state index contributed by atoms with van der Waals surface area (Å²) in [6, 6.07) is 28.7. The fourth-order valence-electron chi connectivity index (χ4n) is 5.19. The SMILES string of the molecule is Cc1ccc2cccc3c2c1-c1c(c2ccc([Si](C)(C)c4ccccc4)cc2c[n+]1C)O3. The van der Waals surface area contributed by atoms with Gasteiger partial charge < -0.3 is 4.74 Å². The Morgan fingerprint density at radius 1 is 0.781 bits per heavy atom. The number of hydrogen-bond donors (Lipinski definition) is 0. The maximum atomic E-state index is 6.60. The number of pyridine rings is 1.